The SMILES string of the molecule is CCCNCc1cc(Cl)ccc1-n1ccc(C(F)(F)F)n1. The fraction of sp³-hybridized carbons (Fsp3) is 0.357. The molecule has 0 unspecified atom stereocenters. The molecule has 1 heterocycles. The van der Waals surface area contributed by atoms with Gasteiger partial charge in [-0.05, 0) is 42.8 Å². The zero-order chi connectivity index (χ0) is 15.5. The molecule has 0 aliphatic rings. The van der Waals surface area contributed by atoms with Gasteiger partial charge in [0.2, 0.25) is 0 Å². The summed E-state index contributed by atoms with van der Waals surface area (Å²) < 4.78 is 39.1. The molecule has 2 aromatic rings. The lowest BCUT2D eigenvalue weighted by Gasteiger charge is -2.11. The average Bonchev–Trinajstić information content (AvgIpc) is 2.88. The first kappa shape index (κ1) is 15.9. The summed E-state index contributed by atoms with van der Waals surface area (Å²) in [4.78, 5) is 0. The number of rotatable bonds is 5. The summed E-state index contributed by atoms with van der Waals surface area (Å²) in [6, 6.07) is 5.99. The van der Waals surface area contributed by atoms with Gasteiger partial charge in [0.05, 0.1) is 5.69 Å². The maximum Gasteiger partial charge on any atom is 0.435 e. The molecule has 0 fully saturated rings. The van der Waals surface area contributed by atoms with Crippen LogP contribution >= 0.6 is 11.6 Å². The molecule has 0 spiro atoms. The molecule has 0 saturated heterocycles. The molecule has 3 nitrogen and oxygen atoms in total. The number of alkyl halides is 3. The van der Waals surface area contributed by atoms with Gasteiger partial charge in [-0.15, -0.1) is 0 Å². The van der Waals surface area contributed by atoms with Crippen LogP contribution in [0.2, 0.25) is 5.02 Å². The van der Waals surface area contributed by atoms with Crippen molar-refractivity contribution in [1.82, 2.24) is 15.1 Å². The van der Waals surface area contributed by atoms with Gasteiger partial charge in [-0.3, -0.25) is 0 Å². The van der Waals surface area contributed by atoms with E-state index in [0.29, 0.717) is 17.3 Å². The highest BCUT2D eigenvalue weighted by Crippen LogP contribution is 2.28. The van der Waals surface area contributed by atoms with Crippen molar-refractivity contribution < 1.29 is 13.2 Å². The van der Waals surface area contributed by atoms with E-state index in [2.05, 4.69) is 10.4 Å². The molecule has 2 rings (SSSR count). The van der Waals surface area contributed by atoms with Crippen molar-refractivity contribution in [3.8, 4) is 5.69 Å². The first-order valence-electron chi connectivity index (χ1n) is 6.54. The Morgan fingerprint density at radius 1 is 1.29 bits per heavy atom. The van der Waals surface area contributed by atoms with Crippen LogP contribution < -0.4 is 5.32 Å². The van der Waals surface area contributed by atoms with Crippen molar-refractivity contribution in [2.45, 2.75) is 26.1 Å². The van der Waals surface area contributed by atoms with Gasteiger partial charge in [-0.25, -0.2) is 4.68 Å². The van der Waals surface area contributed by atoms with E-state index in [1.54, 1.807) is 18.2 Å². The summed E-state index contributed by atoms with van der Waals surface area (Å²) >= 11 is 5.96. The van der Waals surface area contributed by atoms with Crippen LogP contribution in [0.3, 0.4) is 0 Å². The van der Waals surface area contributed by atoms with Crippen molar-refractivity contribution >= 4 is 11.6 Å². The van der Waals surface area contributed by atoms with Crippen LogP contribution in [0, 0.1) is 0 Å². The fourth-order valence-corrected chi connectivity index (χ4v) is 2.12. The maximum absolute atomic E-state index is 12.6. The summed E-state index contributed by atoms with van der Waals surface area (Å²) in [5.74, 6) is 0. The molecule has 7 heteroatoms. The monoisotopic (exact) mass is 317 g/mol. The van der Waals surface area contributed by atoms with E-state index in [0.717, 1.165) is 24.6 Å². The first-order chi connectivity index (χ1) is 9.91. The quantitative estimate of drug-likeness (QED) is 0.843. The Morgan fingerprint density at radius 3 is 2.67 bits per heavy atom. The van der Waals surface area contributed by atoms with Crippen molar-refractivity contribution in [3.05, 3.63) is 46.7 Å². The van der Waals surface area contributed by atoms with Crippen LogP contribution in [0.15, 0.2) is 30.5 Å². The van der Waals surface area contributed by atoms with Gasteiger partial charge in [0.25, 0.3) is 0 Å². The normalized spacial score (nSPS) is 11.9. The van der Waals surface area contributed by atoms with Gasteiger partial charge in [0.1, 0.15) is 0 Å². The zero-order valence-electron chi connectivity index (χ0n) is 11.4. The Balaban J connectivity index is 2.32. The molecule has 1 aromatic heterocycles. The van der Waals surface area contributed by atoms with Crippen LogP contribution in [-0.2, 0) is 12.7 Å². The second-order valence-corrected chi connectivity index (χ2v) is 5.03. The van der Waals surface area contributed by atoms with E-state index in [-0.39, 0.29) is 0 Å². The lowest BCUT2D eigenvalue weighted by atomic mass is 10.1. The number of benzene rings is 1. The second kappa shape index (κ2) is 6.49. The Kier molecular flexibility index (Phi) is 4.90. The minimum atomic E-state index is -4.45. The standard InChI is InChI=1S/C14H15ClF3N3/c1-2-6-19-9-10-8-11(15)3-4-12(10)21-7-5-13(20-21)14(16,17)18/h3-5,7-8,19H,2,6,9H2,1H3. The van der Waals surface area contributed by atoms with Gasteiger partial charge in [0.15, 0.2) is 5.69 Å². The molecule has 21 heavy (non-hydrogen) atoms. The number of aromatic nitrogens is 2. The molecule has 1 aromatic carbocycles. The van der Waals surface area contributed by atoms with E-state index in [4.69, 9.17) is 11.6 Å². The third-order valence-corrected chi connectivity index (χ3v) is 3.15. The summed E-state index contributed by atoms with van der Waals surface area (Å²) in [6.07, 6.45) is -2.18. The number of nitrogens with one attached hydrogen (secondary N) is 1. The summed E-state index contributed by atoms with van der Waals surface area (Å²) in [5, 5.41) is 7.33. The van der Waals surface area contributed by atoms with Gasteiger partial charge >= 0.3 is 6.18 Å². The topological polar surface area (TPSA) is 29.9 Å². The molecule has 0 saturated carbocycles. The van der Waals surface area contributed by atoms with Gasteiger partial charge in [-0.1, -0.05) is 18.5 Å². The second-order valence-electron chi connectivity index (χ2n) is 4.59. The number of hydrogen-bond donors (Lipinski definition) is 1. The van der Waals surface area contributed by atoms with Crippen molar-refractivity contribution in [1.29, 1.82) is 0 Å². The molecule has 0 aliphatic heterocycles. The molecule has 1 N–H and O–H groups in total. The Labute approximate surface area is 125 Å². The third-order valence-electron chi connectivity index (χ3n) is 2.91. The minimum Gasteiger partial charge on any atom is -0.313 e. The van der Waals surface area contributed by atoms with E-state index in [1.165, 1.54) is 10.9 Å². The van der Waals surface area contributed by atoms with E-state index < -0.39 is 11.9 Å². The van der Waals surface area contributed by atoms with E-state index in [9.17, 15) is 13.2 Å². The Morgan fingerprint density at radius 2 is 2.05 bits per heavy atom. The number of halogens is 4. The van der Waals surface area contributed by atoms with Crippen molar-refractivity contribution in [2.75, 3.05) is 6.54 Å². The minimum absolute atomic E-state index is 0.519. The van der Waals surface area contributed by atoms with E-state index in [1.807, 2.05) is 6.92 Å². The lowest BCUT2D eigenvalue weighted by Crippen LogP contribution is -2.16. The van der Waals surface area contributed by atoms with Crippen LogP contribution in [0.1, 0.15) is 24.6 Å². The van der Waals surface area contributed by atoms with Crippen LogP contribution in [0.4, 0.5) is 13.2 Å². The predicted molar refractivity (Wildman–Crippen MR) is 75.6 cm³/mol. The largest absolute Gasteiger partial charge is 0.435 e. The molecule has 0 atom stereocenters. The lowest BCUT2D eigenvalue weighted by molar-refractivity contribution is -0.141. The fourth-order valence-electron chi connectivity index (χ4n) is 1.93. The zero-order valence-corrected chi connectivity index (χ0v) is 12.2. The molecule has 114 valence electrons. The highest BCUT2D eigenvalue weighted by molar-refractivity contribution is 6.30. The van der Waals surface area contributed by atoms with Crippen LogP contribution in [0.5, 0.6) is 0 Å². The molecular formula is C14H15ClF3N3. The van der Waals surface area contributed by atoms with Crippen LogP contribution in [-0.4, -0.2) is 16.3 Å². The summed E-state index contributed by atoms with van der Waals surface area (Å²) in [7, 11) is 0. The molecule has 0 bridgehead atoms. The Bertz CT molecular complexity index is 608. The van der Waals surface area contributed by atoms with Gasteiger partial charge in [-0.2, -0.15) is 18.3 Å². The average molecular weight is 318 g/mol. The molecule has 0 aliphatic carbocycles. The van der Waals surface area contributed by atoms with Gasteiger partial charge < -0.3 is 5.32 Å². The third kappa shape index (κ3) is 3.98. The van der Waals surface area contributed by atoms with E-state index >= 15 is 0 Å². The van der Waals surface area contributed by atoms with Crippen molar-refractivity contribution in [3.63, 3.8) is 0 Å². The summed E-state index contributed by atoms with van der Waals surface area (Å²) in [6.45, 7) is 3.37. The highest BCUT2D eigenvalue weighted by Gasteiger charge is 2.33. The maximum atomic E-state index is 12.6. The summed E-state index contributed by atoms with van der Waals surface area (Å²) in [5.41, 5.74) is 0.469. The first-order valence-corrected chi connectivity index (χ1v) is 6.92. The molecule has 0 radical (unpaired) electrons. The Hall–Kier alpha value is -1.53. The predicted octanol–water partition coefficient (Wildman–Crippen LogP) is 4.04. The number of nitrogens with zero attached hydrogens (tertiary/aromatic N) is 2. The highest BCUT2D eigenvalue weighted by atomic mass is 35.5. The van der Waals surface area contributed by atoms with Crippen LogP contribution in [0.25, 0.3) is 5.69 Å². The molecule has 0 amide bonds. The van der Waals surface area contributed by atoms with Crippen molar-refractivity contribution in [2.24, 2.45) is 0 Å². The smallest absolute Gasteiger partial charge is 0.313 e. The van der Waals surface area contributed by atoms with Gasteiger partial charge in [0, 0.05) is 17.8 Å². The number of hydrogen-bond acceptors (Lipinski definition) is 2. The molecular weight excluding hydrogens is 303 g/mol.